The van der Waals surface area contributed by atoms with Crippen LogP contribution in [0.5, 0.6) is 5.75 Å². The molecule has 0 aromatic heterocycles. The van der Waals surface area contributed by atoms with Gasteiger partial charge in [-0.05, 0) is 97.8 Å². The lowest BCUT2D eigenvalue weighted by Gasteiger charge is -2.54. The number of phenols is 1. The van der Waals surface area contributed by atoms with Gasteiger partial charge in [-0.3, -0.25) is 4.79 Å². The molecule has 1 aromatic rings. The van der Waals surface area contributed by atoms with E-state index in [1.54, 1.807) is 0 Å². The van der Waals surface area contributed by atoms with Gasteiger partial charge in [0, 0.05) is 13.0 Å². The molecule has 5 unspecified atom stereocenters. The Morgan fingerprint density at radius 3 is 2.89 bits per heavy atom. The number of hydrogen-bond donors (Lipinski definition) is 3. The maximum Gasteiger partial charge on any atom is 0.219 e. The van der Waals surface area contributed by atoms with Crippen LogP contribution in [-0.2, 0) is 11.2 Å². The van der Waals surface area contributed by atoms with E-state index in [0.29, 0.717) is 42.4 Å². The number of aromatic hydroxyl groups is 1. The normalized spacial score (nSPS) is 37.2. The zero-order valence-corrected chi connectivity index (χ0v) is 16.6. The van der Waals surface area contributed by atoms with Gasteiger partial charge in [0.1, 0.15) is 5.75 Å². The average Bonchev–Trinajstić information content (AvgIpc) is 2.94. The third-order valence-electron chi connectivity index (χ3n) is 7.90. The molecule has 3 N–H and O–H groups in total. The smallest absolute Gasteiger partial charge is 0.219 e. The van der Waals surface area contributed by atoms with Crippen LogP contribution in [0, 0.1) is 23.2 Å². The Morgan fingerprint density at radius 2 is 2.11 bits per heavy atom. The van der Waals surface area contributed by atoms with Crippen LogP contribution in [0.3, 0.4) is 0 Å². The van der Waals surface area contributed by atoms with Gasteiger partial charge in [-0.2, -0.15) is 0 Å². The molecule has 1 aromatic carbocycles. The summed E-state index contributed by atoms with van der Waals surface area (Å²) in [4.78, 5) is 12.1. The van der Waals surface area contributed by atoms with Crippen LogP contribution in [0.15, 0.2) is 18.2 Å². The number of phenolic OH excluding ortho intramolecular Hbond substituents is 1. The lowest BCUT2D eigenvalue weighted by Crippen LogP contribution is -2.48. The minimum atomic E-state index is -0.211. The molecule has 0 saturated heterocycles. The van der Waals surface area contributed by atoms with Crippen molar-refractivity contribution in [2.24, 2.45) is 23.2 Å². The molecule has 0 bridgehead atoms. The number of aliphatic hydroxyl groups excluding tert-OH is 1. The molecule has 0 radical (unpaired) electrons. The first-order chi connectivity index (χ1) is 12.9. The number of rotatable bonds is 4. The molecule has 1 amide bonds. The van der Waals surface area contributed by atoms with E-state index in [-0.39, 0.29) is 17.4 Å². The number of aliphatic hydroxyl groups is 1. The van der Waals surface area contributed by atoms with Gasteiger partial charge in [0.15, 0.2) is 0 Å². The number of amides is 1. The fourth-order valence-electron chi connectivity index (χ4n) is 6.73. The highest BCUT2D eigenvalue weighted by molar-refractivity contribution is 5.75. The Bertz CT molecular complexity index is 718. The molecule has 4 nitrogen and oxygen atoms in total. The Kier molecular flexibility index (Phi) is 4.96. The van der Waals surface area contributed by atoms with Crippen molar-refractivity contribution in [2.75, 3.05) is 6.54 Å². The maximum absolute atomic E-state index is 12.1. The molecule has 4 heteroatoms. The number of hydrogen-bond acceptors (Lipinski definition) is 3. The molecule has 0 spiro atoms. The molecule has 3 aliphatic carbocycles. The second-order valence-corrected chi connectivity index (χ2v) is 9.27. The van der Waals surface area contributed by atoms with E-state index in [1.165, 1.54) is 11.1 Å². The lowest BCUT2D eigenvalue weighted by molar-refractivity contribution is -0.121. The standard InChI is InChI=1S/C23H33NO3/c1-3-24-21(27)11-5-15-13-23(2)19(9-10-20(23)26)18-7-4-14-12-16(25)6-8-17(14)22(15)18/h6,8,12,15,18-20,22,25-26H,3-5,7,9-11,13H2,1-2H3,(H,24,27)/t15-,18?,19?,20?,22?,23?/m0/s1. The summed E-state index contributed by atoms with van der Waals surface area (Å²) in [6.07, 6.45) is 6.40. The number of carbonyl (C=O) groups is 1. The second kappa shape index (κ2) is 7.12. The fraction of sp³-hybridized carbons (Fsp3) is 0.696. The average molecular weight is 372 g/mol. The third kappa shape index (κ3) is 3.16. The topological polar surface area (TPSA) is 69.6 Å². The van der Waals surface area contributed by atoms with E-state index in [1.807, 2.05) is 19.1 Å². The number of fused-ring (bicyclic) bond motifs is 5. The summed E-state index contributed by atoms with van der Waals surface area (Å²) in [5.74, 6) is 2.50. The minimum absolute atomic E-state index is 0.0124. The monoisotopic (exact) mass is 371 g/mol. The molecule has 6 atom stereocenters. The molecular formula is C23H33NO3. The Morgan fingerprint density at radius 1 is 1.30 bits per heavy atom. The van der Waals surface area contributed by atoms with Crippen molar-refractivity contribution in [1.82, 2.24) is 5.32 Å². The Hall–Kier alpha value is -1.55. The van der Waals surface area contributed by atoms with E-state index in [2.05, 4.69) is 18.3 Å². The molecule has 3 aliphatic rings. The fourth-order valence-corrected chi connectivity index (χ4v) is 6.73. The number of carbonyl (C=O) groups excluding carboxylic acids is 1. The van der Waals surface area contributed by atoms with Crippen LogP contribution in [0.25, 0.3) is 0 Å². The van der Waals surface area contributed by atoms with E-state index < -0.39 is 0 Å². The molecule has 27 heavy (non-hydrogen) atoms. The molecule has 2 fully saturated rings. The first-order valence-electron chi connectivity index (χ1n) is 10.7. The van der Waals surface area contributed by atoms with Crippen molar-refractivity contribution in [3.05, 3.63) is 29.3 Å². The van der Waals surface area contributed by atoms with Crippen molar-refractivity contribution in [1.29, 1.82) is 0 Å². The lowest BCUT2D eigenvalue weighted by atomic mass is 9.51. The van der Waals surface area contributed by atoms with Gasteiger partial charge < -0.3 is 15.5 Å². The first kappa shape index (κ1) is 18.8. The highest BCUT2D eigenvalue weighted by atomic mass is 16.3. The van der Waals surface area contributed by atoms with Crippen LogP contribution < -0.4 is 5.32 Å². The summed E-state index contributed by atoms with van der Waals surface area (Å²) in [6.45, 7) is 4.92. The molecule has 0 aliphatic heterocycles. The SMILES string of the molecule is CCNC(=O)CC[C@H]1CC2(C)C(O)CCC2C2CCc3cc(O)ccc3C21. The highest BCUT2D eigenvalue weighted by Gasteiger charge is 2.57. The Balaban J connectivity index is 1.66. The predicted octanol–water partition coefficient (Wildman–Crippen LogP) is 3.75. The van der Waals surface area contributed by atoms with E-state index in [4.69, 9.17) is 0 Å². The molecule has 4 rings (SSSR count). The maximum atomic E-state index is 12.1. The van der Waals surface area contributed by atoms with Gasteiger partial charge in [-0.25, -0.2) is 0 Å². The van der Waals surface area contributed by atoms with Crippen LogP contribution in [0.2, 0.25) is 0 Å². The van der Waals surface area contributed by atoms with Crippen molar-refractivity contribution in [3.63, 3.8) is 0 Å². The number of nitrogens with one attached hydrogen (secondary N) is 1. The Labute approximate surface area is 162 Å². The van der Waals surface area contributed by atoms with Crippen LogP contribution in [0.4, 0.5) is 0 Å². The van der Waals surface area contributed by atoms with Crippen molar-refractivity contribution in [2.45, 2.75) is 70.8 Å². The van der Waals surface area contributed by atoms with Crippen molar-refractivity contribution >= 4 is 5.91 Å². The van der Waals surface area contributed by atoms with Gasteiger partial charge in [0.05, 0.1) is 6.10 Å². The predicted molar refractivity (Wildman–Crippen MR) is 106 cm³/mol. The van der Waals surface area contributed by atoms with E-state index in [0.717, 1.165) is 38.5 Å². The van der Waals surface area contributed by atoms with Gasteiger partial charge in [0.25, 0.3) is 0 Å². The van der Waals surface area contributed by atoms with Crippen LogP contribution in [0.1, 0.15) is 69.4 Å². The second-order valence-electron chi connectivity index (χ2n) is 9.27. The van der Waals surface area contributed by atoms with Crippen molar-refractivity contribution in [3.8, 4) is 5.75 Å². The van der Waals surface area contributed by atoms with E-state index >= 15 is 0 Å². The largest absolute Gasteiger partial charge is 0.508 e. The zero-order chi connectivity index (χ0) is 19.2. The molecular weight excluding hydrogens is 338 g/mol. The summed E-state index contributed by atoms with van der Waals surface area (Å²) < 4.78 is 0. The van der Waals surface area contributed by atoms with Gasteiger partial charge >= 0.3 is 0 Å². The van der Waals surface area contributed by atoms with Crippen LogP contribution >= 0.6 is 0 Å². The molecule has 0 heterocycles. The first-order valence-corrected chi connectivity index (χ1v) is 10.7. The third-order valence-corrected chi connectivity index (χ3v) is 7.90. The van der Waals surface area contributed by atoms with Gasteiger partial charge in [-0.15, -0.1) is 0 Å². The summed E-state index contributed by atoms with van der Waals surface area (Å²) >= 11 is 0. The van der Waals surface area contributed by atoms with Gasteiger partial charge in [-0.1, -0.05) is 13.0 Å². The van der Waals surface area contributed by atoms with E-state index in [9.17, 15) is 15.0 Å². The molecule has 148 valence electrons. The summed E-state index contributed by atoms with van der Waals surface area (Å²) in [6, 6.07) is 5.87. The summed E-state index contributed by atoms with van der Waals surface area (Å²) in [7, 11) is 0. The van der Waals surface area contributed by atoms with Gasteiger partial charge in [0.2, 0.25) is 5.91 Å². The molecule has 2 saturated carbocycles. The quantitative estimate of drug-likeness (QED) is 0.755. The number of benzene rings is 1. The highest BCUT2D eigenvalue weighted by Crippen LogP contribution is 2.63. The minimum Gasteiger partial charge on any atom is -0.508 e. The van der Waals surface area contributed by atoms with Crippen LogP contribution in [-0.4, -0.2) is 28.8 Å². The summed E-state index contributed by atoms with van der Waals surface area (Å²) in [5.41, 5.74) is 2.65. The zero-order valence-electron chi connectivity index (χ0n) is 16.6. The van der Waals surface area contributed by atoms with Crippen molar-refractivity contribution < 1.29 is 15.0 Å². The number of aryl methyl sites for hydroxylation is 1. The summed E-state index contributed by atoms with van der Waals surface area (Å²) in [5, 5.41) is 23.6.